The maximum absolute atomic E-state index is 12.2. The van der Waals surface area contributed by atoms with Crippen LogP contribution in [-0.2, 0) is 19.1 Å². The second-order valence-corrected chi connectivity index (χ2v) is 6.98. The lowest BCUT2D eigenvalue weighted by atomic mass is 9.96. The van der Waals surface area contributed by atoms with E-state index < -0.39 is 23.6 Å². The highest BCUT2D eigenvalue weighted by molar-refractivity contribution is 5.89. The minimum absolute atomic E-state index is 0.183. The monoisotopic (exact) mass is 340 g/mol. The molecule has 1 atom stereocenters. The Morgan fingerprint density at radius 2 is 1.72 bits per heavy atom. The highest BCUT2D eigenvalue weighted by atomic mass is 16.6. The molecule has 0 N–H and O–H groups in total. The molecule has 0 fully saturated rings. The molecule has 2 aromatic carbocycles. The van der Waals surface area contributed by atoms with Crippen LogP contribution in [0, 0.1) is 0 Å². The van der Waals surface area contributed by atoms with Crippen LogP contribution in [0.5, 0.6) is 0 Å². The summed E-state index contributed by atoms with van der Waals surface area (Å²) in [5.74, 6) is -0.889. The molecule has 0 aliphatic rings. The van der Waals surface area contributed by atoms with Crippen molar-refractivity contribution in [3.8, 4) is 0 Å². The molecule has 0 spiro atoms. The van der Waals surface area contributed by atoms with Gasteiger partial charge in [-0.1, -0.05) is 49.0 Å². The maximum Gasteiger partial charge on any atom is 0.334 e. The van der Waals surface area contributed by atoms with Gasteiger partial charge in [-0.15, -0.1) is 0 Å². The Kier molecular flexibility index (Phi) is 5.62. The van der Waals surface area contributed by atoms with Crippen molar-refractivity contribution in [1.82, 2.24) is 0 Å². The molecule has 0 bridgehead atoms. The highest BCUT2D eigenvalue weighted by Crippen LogP contribution is 2.31. The number of carbonyl (C=O) groups is 2. The maximum atomic E-state index is 12.2. The van der Waals surface area contributed by atoms with E-state index in [1.54, 1.807) is 20.8 Å². The van der Waals surface area contributed by atoms with Crippen LogP contribution in [0.25, 0.3) is 10.8 Å². The molecular weight excluding hydrogens is 316 g/mol. The fraction of sp³-hybridized carbons (Fsp3) is 0.333. The Morgan fingerprint density at radius 3 is 2.36 bits per heavy atom. The second kappa shape index (κ2) is 7.51. The van der Waals surface area contributed by atoms with Gasteiger partial charge >= 0.3 is 11.9 Å². The third-order valence-corrected chi connectivity index (χ3v) is 3.60. The van der Waals surface area contributed by atoms with Crippen molar-refractivity contribution in [3.63, 3.8) is 0 Å². The number of hydrogen-bond acceptors (Lipinski definition) is 4. The van der Waals surface area contributed by atoms with Crippen LogP contribution in [-0.4, -0.2) is 17.5 Å². The van der Waals surface area contributed by atoms with Crippen LogP contribution in [0.2, 0.25) is 0 Å². The molecule has 1 unspecified atom stereocenters. The summed E-state index contributed by atoms with van der Waals surface area (Å²) >= 11 is 0. The lowest BCUT2D eigenvalue weighted by Gasteiger charge is -2.23. The topological polar surface area (TPSA) is 52.6 Å². The molecule has 0 heterocycles. The van der Waals surface area contributed by atoms with Gasteiger partial charge in [-0.25, -0.2) is 4.79 Å². The molecule has 2 aromatic rings. The van der Waals surface area contributed by atoms with Crippen LogP contribution >= 0.6 is 0 Å². The number of fused-ring (bicyclic) bond motifs is 1. The smallest absolute Gasteiger partial charge is 0.334 e. The summed E-state index contributed by atoms with van der Waals surface area (Å²) in [5, 5.41) is 2.02. The van der Waals surface area contributed by atoms with Gasteiger partial charge < -0.3 is 9.47 Å². The molecule has 0 aliphatic heterocycles. The summed E-state index contributed by atoms with van der Waals surface area (Å²) in [6.07, 6.45) is -0.411. The Hall–Kier alpha value is -2.62. The molecular formula is C21H24O4. The van der Waals surface area contributed by atoms with E-state index in [1.165, 1.54) is 6.92 Å². The van der Waals surface area contributed by atoms with Gasteiger partial charge in [0.15, 0.2) is 0 Å². The first kappa shape index (κ1) is 18.7. The van der Waals surface area contributed by atoms with Crippen molar-refractivity contribution in [2.75, 3.05) is 0 Å². The zero-order valence-corrected chi connectivity index (χ0v) is 15.2. The number of rotatable bonds is 5. The fourth-order valence-corrected chi connectivity index (χ4v) is 2.60. The van der Waals surface area contributed by atoms with Crippen LogP contribution in [0.15, 0.2) is 54.6 Å². The van der Waals surface area contributed by atoms with Gasteiger partial charge in [0.05, 0.1) is 0 Å². The minimum atomic E-state index is -0.601. The van der Waals surface area contributed by atoms with E-state index in [1.807, 2.05) is 42.5 Å². The summed E-state index contributed by atoms with van der Waals surface area (Å²) in [4.78, 5) is 23.8. The highest BCUT2D eigenvalue weighted by Gasteiger charge is 2.24. The normalized spacial score (nSPS) is 12.5. The zero-order valence-electron chi connectivity index (χ0n) is 15.2. The van der Waals surface area contributed by atoms with E-state index in [2.05, 4.69) is 6.58 Å². The van der Waals surface area contributed by atoms with Gasteiger partial charge in [-0.3, -0.25) is 4.79 Å². The van der Waals surface area contributed by atoms with Crippen LogP contribution in [0.1, 0.15) is 45.8 Å². The molecule has 0 aromatic heterocycles. The molecule has 0 amide bonds. The first-order chi connectivity index (χ1) is 11.7. The molecule has 0 radical (unpaired) electrons. The Balaban J connectivity index is 2.31. The molecule has 132 valence electrons. The predicted molar refractivity (Wildman–Crippen MR) is 98.1 cm³/mol. The predicted octanol–water partition coefficient (Wildman–Crippen LogP) is 4.73. The number of benzene rings is 2. The van der Waals surface area contributed by atoms with Gasteiger partial charge in [-0.05, 0) is 31.5 Å². The average Bonchev–Trinajstić information content (AvgIpc) is 2.51. The van der Waals surface area contributed by atoms with Gasteiger partial charge in [0.25, 0.3) is 0 Å². The molecule has 4 nitrogen and oxygen atoms in total. The van der Waals surface area contributed by atoms with E-state index in [4.69, 9.17) is 9.47 Å². The van der Waals surface area contributed by atoms with E-state index in [0.29, 0.717) is 0 Å². The van der Waals surface area contributed by atoms with Crippen LogP contribution in [0.3, 0.4) is 0 Å². The minimum Gasteiger partial charge on any atom is -0.457 e. The Morgan fingerprint density at radius 1 is 1.08 bits per heavy atom. The lowest BCUT2D eigenvalue weighted by molar-refractivity contribution is -0.152. The second-order valence-electron chi connectivity index (χ2n) is 6.98. The largest absolute Gasteiger partial charge is 0.457 e. The molecule has 0 saturated carbocycles. The van der Waals surface area contributed by atoms with E-state index in [-0.39, 0.29) is 12.0 Å². The molecule has 4 heteroatoms. The van der Waals surface area contributed by atoms with Crippen molar-refractivity contribution >= 4 is 22.7 Å². The van der Waals surface area contributed by atoms with Crippen LogP contribution < -0.4 is 0 Å². The summed E-state index contributed by atoms with van der Waals surface area (Å²) in [5.41, 5.74) is 0.517. The SMILES string of the molecule is C=C(CC(OC(C)=O)c1cccc2ccccc12)C(=O)OC(C)(C)C. The molecule has 0 aliphatic carbocycles. The summed E-state index contributed by atoms with van der Waals surface area (Å²) in [6.45, 7) is 10.6. The van der Waals surface area contributed by atoms with Crippen molar-refractivity contribution < 1.29 is 19.1 Å². The van der Waals surface area contributed by atoms with Crippen LogP contribution in [0.4, 0.5) is 0 Å². The van der Waals surface area contributed by atoms with E-state index in [0.717, 1.165) is 16.3 Å². The van der Waals surface area contributed by atoms with Gasteiger partial charge in [-0.2, -0.15) is 0 Å². The number of esters is 2. The van der Waals surface area contributed by atoms with E-state index >= 15 is 0 Å². The van der Waals surface area contributed by atoms with Gasteiger partial charge in [0.1, 0.15) is 11.7 Å². The van der Waals surface area contributed by atoms with Gasteiger partial charge in [0.2, 0.25) is 0 Å². The molecule has 0 saturated heterocycles. The Bertz CT molecular complexity index is 794. The van der Waals surface area contributed by atoms with E-state index in [9.17, 15) is 9.59 Å². The Labute approximate surface area is 148 Å². The molecule has 2 rings (SSSR count). The van der Waals surface area contributed by atoms with Crippen molar-refractivity contribution in [2.24, 2.45) is 0 Å². The third-order valence-electron chi connectivity index (χ3n) is 3.60. The first-order valence-corrected chi connectivity index (χ1v) is 8.23. The number of carbonyl (C=O) groups excluding carboxylic acids is 2. The quantitative estimate of drug-likeness (QED) is 0.583. The zero-order chi connectivity index (χ0) is 18.6. The lowest BCUT2D eigenvalue weighted by Crippen LogP contribution is -2.25. The van der Waals surface area contributed by atoms with Gasteiger partial charge in [0, 0.05) is 24.5 Å². The number of hydrogen-bond donors (Lipinski definition) is 0. The average molecular weight is 340 g/mol. The fourth-order valence-electron chi connectivity index (χ4n) is 2.60. The third kappa shape index (κ3) is 5.18. The number of ether oxygens (including phenoxy) is 2. The first-order valence-electron chi connectivity index (χ1n) is 8.23. The summed E-state index contributed by atoms with van der Waals surface area (Å²) in [6, 6.07) is 13.6. The summed E-state index contributed by atoms with van der Waals surface area (Å²) in [7, 11) is 0. The molecule has 25 heavy (non-hydrogen) atoms. The summed E-state index contributed by atoms with van der Waals surface area (Å²) < 4.78 is 10.8. The van der Waals surface area contributed by atoms with Crippen molar-refractivity contribution in [3.05, 3.63) is 60.2 Å². The van der Waals surface area contributed by atoms with Crippen molar-refractivity contribution in [1.29, 1.82) is 0 Å². The standard InChI is InChI=1S/C21H24O4/c1-14(20(23)25-21(3,4)5)13-19(24-15(2)22)18-12-8-10-16-9-6-7-11-17(16)18/h6-12,19H,1,13H2,2-5H3. The van der Waals surface area contributed by atoms with Crippen molar-refractivity contribution in [2.45, 2.75) is 45.8 Å².